The van der Waals surface area contributed by atoms with Gasteiger partial charge < -0.3 is 10.4 Å². The summed E-state index contributed by atoms with van der Waals surface area (Å²) in [4.78, 5) is 4.79. The maximum atomic E-state index is 10.3. The molecule has 1 aliphatic rings. The molecule has 0 radical (unpaired) electrons. The average Bonchev–Trinajstić information content (AvgIpc) is 2.81. The molecule has 0 aliphatic carbocycles. The quantitative estimate of drug-likeness (QED) is 0.724. The first-order valence-electron chi connectivity index (χ1n) is 7.16. The summed E-state index contributed by atoms with van der Waals surface area (Å²) >= 11 is 0. The molecule has 4 nitrogen and oxygen atoms in total. The maximum absolute atomic E-state index is 10.3. The number of hydrogen-bond donors (Lipinski definition) is 2. The van der Waals surface area contributed by atoms with Crippen molar-refractivity contribution in [1.82, 2.24) is 14.7 Å². The SMILES string of the molecule is Cl.Oc1c2ccccc2c2nc(C3CCCCN3)ccn12. The second-order valence-electron chi connectivity index (χ2n) is 5.42. The van der Waals surface area contributed by atoms with Crippen molar-refractivity contribution in [3.63, 3.8) is 0 Å². The van der Waals surface area contributed by atoms with Crippen molar-refractivity contribution in [2.75, 3.05) is 6.54 Å². The van der Waals surface area contributed by atoms with Crippen LogP contribution < -0.4 is 5.32 Å². The Morgan fingerprint density at radius 3 is 2.71 bits per heavy atom. The molecule has 3 aromatic rings. The molecule has 2 N–H and O–H groups in total. The number of fused-ring (bicyclic) bond motifs is 3. The molecule has 110 valence electrons. The lowest BCUT2D eigenvalue weighted by Crippen LogP contribution is -2.27. The summed E-state index contributed by atoms with van der Waals surface area (Å²) in [5, 5.41) is 15.6. The fourth-order valence-corrected chi connectivity index (χ4v) is 3.10. The lowest BCUT2D eigenvalue weighted by Gasteiger charge is -2.22. The van der Waals surface area contributed by atoms with Crippen LogP contribution in [-0.2, 0) is 0 Å². The van der Waals surface area contributed by atoms with Crippen LogP contribution in [0.4, 0.5) is 0 Å². The monoisotopic (exact) mass is 303 g/mol. The van der Waals surface area contributed by atoms with Gasteiger partial charge in [0.05, 0.1) is 5.69 Å². The first-order valence-corrected chi connectivity index (χ1v) is 7.16. The van der Waals surface area contributed by atoms with E-state index in [2.05, 4.69) is 5.32 Å². The third-order valence-corrected chi connectivity index (χ3v) is 4.16. The van der Waals surface area contributed by atoms with Crippen LogP contribution in [0.1, 0.15) is 31.0 Å². The van der Waals surface area contributed by atoms with Crippen LogP contribution in [0.5, 0.6) is 5.88 Å². The zero-order valence-electron chi connectivity index (χ0n) is 11.6. The predicted octanol–water partition coefficient (Wildman–Crippen LogP) is 3.43. The molecule has 0 saturated carbocycles. The van der Waals surface area contributed by atoms with Gasteiger partial charge in [-0.3, -0.25) is 4.40 Å². The number of hydrogen-bond acceptors (Lipinski definition) is 3. The third kappa shape index (κ3) is 2.24. The van der Waals surface area contributed by atoms with Gasteiger partial charge in [-0.05, 0) is 31.5 Å². The summed E-state index contributed by atoms with van der Waals surface area (Å²) in [6.07, 6.45) is 5.54. The lowest BCUT2D eigenvalue weighted by molar-refractivity contribution is 0.405. The molecule has 4 rings (SSSR count). The molecule has 1 atom stereocenters. The summed E-state index contributed by atoms with van der Waals surface area (Å²) in [7, 11) is 0. The fraction of sp³-hybridized carbons (Fsp3) is 0.312. The van der Waals surface area contributed by atoms with E-state index in [4.69, 9.17) is 4.98 Å². The van der Waals surface area contributed by atoms with E-state index >= 15 is 0 Å². The molecule has 5 heteroatoms. The molecule has 21 heavy (non-hydrogen) atoms. The van der Waals surface area contributed by atoms with Crippen molar-refractivity contribution in [1.29, 1.82) is 0 Å². The molecule has 1 fully saturated rings. The Hall–Kier alpha value is -1.78. The van der Waals surface area contributed by atoms with Gasteiger partial charge in [-0.1, -0.05) is 24.6 Å². The van der Waals surface area contributed by atoms with Gasteiger partial charge in [0.2, 0.25) is 5.88 Å². The summed E-state index contributed by atoms with van der Waals surface area (Å²) < 4.78 is 1.76. The van der Waals surface area contributed by atoms with Crippen molar-refractivity contribution in [2.24, 2.45) is 0 Å². The van der Waals surface area contributed by atoms with Gasteiger partial charge >= 0.3 is 0 Å². The average molecular weight is 304 g/mol. The van der Waals surface area contributed by atoms with E-state index in [1.54, 1.807) is 4.40 Å². The largest absolute Gasteiger partial charge is 0.494 e. The highest BCUT2D eigenvalue weighted by Gasteiger charge is 2.18. The first-order chi connectivity index (χ1) is 9.84. The van der Waals surface area contributed by atoms with E-state index in [0.29, 0.717) is 6.04 Å². The minimum absolute atomic E-state index is 0. The fourth-order valence-electron chi connectivity index (χ4n) is 3.10. The Morgan fingerprint density at radius 1 is 1.14 bits per heavy atom. The zero-order chi connectivity index (χ0) is 13.5. The van der Waals surface area contributed by atoms with Gasteiger partial charge in [0, 0.05) is 23.0 Å². The van der Waals surface area contributed by atoms with E-state index < -0.39 is 0 Å². The van der Waals surface area contributed by atoms with Gasteiger partial charge in [0.15, 0.2) is 0 Å². The van der Waals surface area contributed by atoms with E-state index in [-0.39, 0.29) is 18.3 Å². The molecular weight excluding hydrogens is 286 g/mol. The van der Waals surface area contributed by atoms with E-state index in [0.717, 1.165) is 35.1 Å². The van der Waals surface area contributed by atoms with Crippen molar-refractivity contribution in [3.8, 4) is 5.88 Å². The topological polar surface area (TPSA) is 49.6 Å². The molecule has 3 heterocycles. The lowest BCUT2D eigenvalue weighted by atomic mass is 10.0. The number of rotatable bonds is 1. The minimum Gasteiger partial charge on any atom is -0.494 e. The standard InChI is InChI=1S/C16H17N3O.ClH/c20-16-12-6-2-1-5-11(12)15-18-14(8-10-19(15)16)13-7-3-4-9-17-13;/h1-2,5-6,8,10,13,17,20H,3-4,7,9H2;1H. The molecule has 1 aromatic carbocycles. The Morgan fingerprint density at radius 2 is 1.95 bits per heavy atom. The number of halogens is 1. The number of benzene rings is 1. The van der Waals surface area contributed by atoms with Crippen LogP contribution in [0.3, 0.4) is 0 Å². The normalized spacial score (nSPS) is 18.8. The Labute approximate surface area is 129 Å². The van der Waals surface area contributed by atoms with E-state index in [9.17, 15) is 5.11 Å². The van der Waals surface area contributed by atoms with Gasteiger partial charge in [0.1, 0.15) is 5.65 Å². The van der Waals surface area contributed by atoms with Crippen LogP contribution in [0.2, 0.25) is 0 Å². The van der Waals surface area contributed by atoms with E-state index in [1.807, 2.05) is 36.5 Å². The van der Waals surface area contributed by atoms with E-state index in [1.165, 1.54) is 12.8 Å². The molecule has 0 amide bonds. The van der Waals surface area contributed by atoms with Gasteiger partial charge in [-0.2, -0.15) is 0 Å². The van der Waals surface area contributed by atoms with Crippen LogP contribution in [-0.4, -0.2) is 21.0 Å². The highest BCUT2D eigenvalue weighted by molar-refractivity contribution is 5.99. The van der Waals surface area contributed by atoms with Crippen LogP contribution in [0.25, 0.3) is 16.4 Å². The smallest absolute Gasteiger partial charge is 0.205 e. The van der Waals surface area contributed by atoms with Crippen LogP contribution in [0, 0.1) is 0 Å². The molecule has 0 bridgehead atoms. The number of nitrogens with zero attached hydrogens (tertiary/aromatic N) is 2. The zero-order valence-corrected chi connectivity index (χ0v) is 12.4. The Bertz CT molecular complexity index is 778. The van der Waals surface area contributed by atoms with Crippen LogP contribution in [0.15, 0.2) is 36.5 Å². The number of aromatic nitrogens is 2. The minimum atomic E-state index is 0. The predicted molar refractivity (Wildman–Crippen MR) is 86.2 cm³/mol. The molecule has 2 aromatic heterocycles. The molecule has 1 saturated heterocycles. The number of nitrogens with one attached hydrogen (secondary N) is 1. The highest BCUT2D eigenvalue weighted by Crippen LogP contribution is 2.31. The first kappa shape index (κ1) is 14.2. The summed E-state index contributed by atoms with van der Waals surface area (Å²) in [5.41, 5.74) is 1.91. The third-order valence-electron chi connectivity index (χ3n) is 4.16. The van der Waals surface area contributed by atoms with Crippen molar-refractivity contribution >= 4 is 28.8 Å². The Kier molecular flexibility index (Phi) is 3.74. The molecular formula is C16H18ClN3O. The molecule has 1 aliphatic heterocycles. The summed E-state index contributed by atoms with van der Waals surface area (Å²) in [6, 6.07) is 10.2. The Balaban J connectivity index is 0.00000132. The number of aromatic hydroxyl groups is 1. The van der Waals surface area contributed by atoms with Crippen molar-refractivity contribution < 1.29 is 5.11 Å². The van der Waals surface area contributed by atoms with Gasteiger partial charge in [0.25, 0.3) is 0 Å². The van der Waals surface area contributed by atoms with Gasteiger partial charge in [-0.15, -0.1) is 12.4 Å². The summed E-state index contributed by atoms with van der Waals surface area (Å²) in [5.74, 6) is 0.270. The second-order valence-corrected chi connectivity index (χ2v) is 5.42. The molecule has 1 unspecified atom stereocenters. The second kappa shape index (κ2) is 5.54. The highest BCUT2D eigenvalue weighted by atomic mass is 35.5. The summed E-state index contributed by atoms with van der Waals surface area (Å²) in [6.45, 7) is 1.06. The number of piperidine rings is 1. The maximum Gasteiger partial charge on any atom is 0.205 e. The van der Waals surface area contributed by atoms with Crippen molar-refractivity contribution in [3.05, 3.63) is 42.2 Å². The van der Waals surface area contributed by atoms with Crippen LogP contribution >= 0.6 is 12.4 Å². The van der Waals surface area contributed by atoms with Gasteiger partial charge in [-0.25, -0.2) is 4.98 Å². The van der Waals surface area contributed by atoms with Crippen molar-refractivity contribution in [2.45, 2.75) is 25.3 Å². The molecule has 0 spiro atoms.